The highest BCUT2D eigenvalue weighted by Crippen LogP contribution is 2.20. The van der Waals surface area contributed by atoms with Gasteiger partial charge in [0.2, 0.25) is 0 Å². The van der Waals surface area contributed by atoms with Crippen LogP contribution in [0.2, 0.25) is 0 Å². The number of hydrogen-bond donors (Lipinski definition) is 0. The van der Waals surface area contributed by atoms with Gasteiger partial charge in [-0.05, 0) is 37.7 Å². The van der Waals surface area contributed by atoms with E-state index in [4.69, 9.17) is 4.74 Å². The average Bonchev–Trinajstić information content (AvgIpc) is 2.64. The summed E-state index contributed by atoms with van der Waals surface area (Å²) in [6.45, 7) is 7.52. The van der Waals surface area contributed by atoms with E-state index in [-0.39, 0.29) is 0 Å². The molecule has 0 aliphatic carbocycles. The van der Waals surface area contributed by atoms with Crippen molar-refractivity contribution < 1.29 is 4.74 Å². The molecule has 104 valence electrons. The molecule has 2 aliphatic rings. The highest BCUT2D eigenvalue weighted by Gasteiger charge is 2.21. The van der Waals surface area contributed by atoms with Gasteiger partial charge in [-0.15, -0.1) is 0 Å². The predicted molar refractivity (Wildman–Crippen MR) is 74.2 cm³/mol. The normalized spacial score (nSPS) is 21.9. The van der Waals surface area contributed by atoms with Crippen LogP contribution in [0.4, 0.5) is 0 Å². The lowest BCUT2D eigenvalue weighted by atomic mass is 9.99. The Hall–Kier alpha value is -1.00. The Morgan fingerprint density at radius 2 is 2.00 bits per heavy atom. The maximum atomic E-state index is 5.44. The van der Waals surface area contributed by atoms with E-state index in [1.165, 1.54) is 30.6 Å². The van der Waals surface area contributed by atoms with Crippen LogP contribution in [0, 0.1) is 12.8 Å². The molecule has 4 nitrogen and oxygen atoms in total. The number of aromatic nitrogens is 2. The molecule has 3 heterocycles. The fourth-order valence-electron chi connectivity index (χ4n) is 3.21. The summed E-state index contributed by atoms with van der Waals surface area (Å²) in [5.41, 5.74) is 3.82. The Labute approximate surface area is 115 Å². The molecule has 0 atom stereocenters. The Morgan fingerprint density at radius 3 is 2.84 bits per heavy atom. The van der Waals surface area contributed by atoms with Gasteiger partial charge < -0.3 is 9.64 Å². The molecule has 3 rings (SSSR count). The second kappa shape index (κ2) is 5.97. The third-order valence-corrected chi connectivity index (χ3v) is 4.45. The monoisotopic (exact) mass is 261 g/mol. The summed E-state index contributed by atoms with van der Waals surface area (Å²) >= 11 is 0. The van der Waals surface area contributed by atoms with E-state index in [0.717, 1.165) is 50.8 Å². The van der Waals surface area contributed by atoms with Crippen molar-refractivity contribution in [2.24, 2.45) is 5.92 Å². The second-order valence-corrected chi connectivity index (χ2v) is 5.74. The maximum Gasteiger partial charge on any atom is 0.115 e. The van der Waals surface area contributed by atoms with E-state index < -0.39 is 0 Å². The highest BCUT2D eigenvalue weighted by molar-refractivity contribution is 5.25. The number of aryl methyl sites for hydroxylation is 1. The van der Waals surface area contributed by atoms with E-state index in [2.05, 4.69) is 21.8 Å². The predicted octanol–water partition coefficient (Wildman–Crippen LogP) is 1.61. The molecular formula is C15H23N3O. The molecule has 1 fully saturated rings. The fourth-order valence-corrected chi connectivity index (χ4v) is 3.21. The molecular weight excluding hydrogens is 238 g/mol. The first kappa shape index (κ1) is 13.0. The largest absolute Gasteiger partial charge is 0.381 e. The third-order valence-electron chi connectivity index (χ3n) is 4.45. The van der Waals surface area contributed by atoms with Crippen molar-refractivity contribution in [1.82, 2.24) is 14.9 Å². The van der Waals surface area contributed by atoms with Crippen LogP contribution in [0.25, 0.3) is 0 Å². The number of ether oxygens (including phenoxy) is 1. The summed E-state index contributed by atoms with van der Waals surface area (Å²) in [6.07, 6.45) is 6.33. The fraction of sp³-hybridized carbons (Fsp3) is 0.733. The summed E-state index contributed by atoms with van der Waals surface area (Å²) in [7, 11) is 0. The molecule has 0 radical (unpaired) electrons. The van der Waals surface area contributed by atoms with Gasteiger partial charge >= 0.3 is 0 Å². The molecule has 19 heavy (non-hydrogen) atoms. The Morgan fingerprint density at radius 1 is 1.21 bits per heavy atom. The summed E-state index contributed by atoms with van der Waals surface area (Å²) in [5.74, 6) is 0.821. The van der Waals surface area contributed by atoms with Gasteiger partial charge in [0.05, 0.1) is 0 Å². The van der Waals surface area contributed by atoms with Gasteiger partial charge in [0.15, 0.2) is 0 Å². The van der Waals surface area contributed by atoms with E-state index in [1.54, 1.807) is 6.33 Å². The zero-order valence-electron chi connectivity index (χ0n) is 11.8. The Balaban J connectivity index is 1.61. The molecule has 0 bridgehead atoms. The minimum absolute atomic E-state index is 0.821. The third kappa shape index (κ3) is 3.12. The minimum Gasteiger partial charge on any atom is -0.381 e. The van der Waals surface area contributed by atoms with Crippen molar-refractivity contribution >= 4 is 0 Å². The number of nitrogens with zero attached hydrogens (tertiary/aromatic N) is 3. The topological polar surface area (TPSA) is 38.2 Å². The quantitative estimate of drug-likeness (QED) is 0.811. The molecule has 0 saturated carbocycles. The van der Waals surface area contributed by atoms with Gasteiger partial charge in [0.25, 0.3) is 0 Å². The van der Waals surface area contributed by atoms with E-state index in [0.29, 0.717) is 0 Å². The number of rotatable bonds is 2. The second-order valence-electron chi connectivity index (χ2n) is 5.74. The first-order chi connectivity index (χ1) is 9.33. The first-order valence-corrected chi connectivity index (χ1v) is 7.42. The molecule has 4 heteroatoms. The van der Waals surface area contributed by atoms with Crippen LogP contribution in [0.1, 0.15) is 29.8 Å². The molecule has 1 aromatic heterocycles. The van der Waals surface area contributed by atoms with Crippen molar-refractivity contribution in [3.8, 4) is 0 Å². The van der Waals surface area contributed by atoms with E-state index in [1.807, 2.05) is 0 Å². The van der Waals surface area contributed by atoms with Gasteiger partial charge in [0.1, 0.15) is 6.33 Å². The number of fused-ring (bicyclic) bond motifs is 1. The van der Waals surface area contributed by atoms with Gasteiger partial charge in [-0.25, -0.2) is 9.97 Å². The van der Waals surface area contributed by atoms with Crippen LogP contribution in [0.15, 0.2) is 6.33 Å². The Kier molecular flexibility index (Phi) is 4.09. The van der Waals surface area contributed by atoms with Crippen LogP contribution in [-0.2, 0) is 17.6 Å². The van der Waals surface area contributed by atoms with Crippen molar-refractivity contribution in [1.29, 1.82) is 0 Å². The lowest BCUT2D eigenvalue weighted by Gasteiger charge is -2.28. The lowest BCUT2D eigenvalue weighted by Crippen LogP contribution is -2.34. The van der Waals surface area contributed by atoms with Crippen LogP contribution in [0.5, 0.6) is 0 Å². The molecule has 1 saturated heterocycles. The molecule has 1 aromatic rings. The molecule has 0 N–H and O–H groups in total. The van der Waals surface area contributed by atoms with E-state index >= 15 is 0 Å². The van der Waals surface area contributed by atoms with Crippen LogP contribution < -0.4 is 0 Å². The smallest absolute Gasteiger partial charge is 0.115 e. The van der Waals surface area contributed by atoms with E-state index in [9.17, 15) is 0 Å². The van der Waals surface area contributed by atoms with Crippen molar-refractivity contribution in [3.63, 3.8) is 0 Å². The summed E-state index contributed by atoms with van der Waals surface area (Å²) in [6, 6.07) is 0. The maximum absolute atomic E-state index is 5.44. The van der Waals surface area contributed by atoms with Crippen molar-refractivity contribution in [3.05, 3.63) is 23.3 Å². The standard InChI is InChI=1S/C15H23N3O/c1-12-14-2-6-18(7-3-15(14)17-11-16-12)10-13-4-8-19-9-5-13/h11,13H,2-10H2,1H3. The van der Waals surface area contributed by atoms with Gasteiger partial charge in [-0.1, -0.05) is 0 Å². The Bertz CT molecular complexity index is 429. The summed E-state index contributed by atoms with van der Waals surface area (Å²) in [5, 5.41) is 0. The highest BCUT2D eigenvalue weighted by atomic mass is 16.5. The molecule has 0 aromatic carbocycles. The summed E-state index contributed by atoms with van der Waals surface area (Å²) in [4.78, 5) is 11.4. The van der Waals surface area contributed by atoms with Crippen LogP contribution >= 0.6 is 0 Å². The van der Waals surface area contributed by atoms with Crippen LogP contribution in [-0.4, -0.2) is 47.7 Å². The van der Waals surface area contributed by atoms with Crippen LogP contribution in [0.3, 0.4) is 0 Å². The minimum atomic E-state index is 0.821. The molecule has 0 amide bonds. The van der Waals surface area contributed by atoms with Gasteiger partial charge in [-0.3, -0.25) is 0 Å². The number of hydrogen-bond acceptors (Lipinski definition) is 4. The zero-order chi connectivity index (χ0) is 13.1. The average molecular weight is 261 g/mol. The van der Waals surface area contributed by atoms with Crippen molar-refractivity contribution in [2.75, 3.05) is 32.8 Å². The van der Waals surface area contributed by atoms with Crippen molar-refractivity contribution in [2.45, 2.75) is 32.6 Å². The van der Waals surface area contributed by atoms with Gasteiger partial charge in [0, 0.05) is 50.7 Å². The zero-order valence-corrected chi connectivity index (χ0v) is 11.8. The molecule has 0 unspecified atom stereocenters. The summed E-state index contributed by atoms with van der Waals surface area (Å²) < 4.78 is 5.44. The SMILES string of the molecule is Cc1ncnc2c1CCN(CC1CCOCC1)CC2. The van der Waals surface area contributed by atoms with Gasteiger partial charge in [-0.2, -0.15) is 0 Å². The first-order valence-electron chi connectivity index (χ1n) is 7.42. The molecule has 0 spiro atoms. The lowest BCUT2D eigenvalue weighted by molar-refractivity contribution is 0.0530. The molecule has 2 aliphatic heterocycles.